The Balaban J connectivity index is 2.47. The molecule has 0 aromatic rings. The molecule has 0 unspecified atom stereocenters. The Labute approximate surface area is 113 Å². The summed E-state index contributed by atoms with van der Waals surface area (Å²) in [6, 6.07) is 0. The Morgan fingerprint density at radius 1 is 1.05 bits per heavy atom. The summed E-state index contributed by atoms with van der Waals surface area (Å²) in [7, 11) is 1.57. The Morgan fingerprint density at radius 3 is 2.26 bits per heavy atom. The van der Waals surface area contributed by atoms with E-state index in [2.05, 4.69) is 0 Å². The number of carbonyl (C=O) groups is 2. The fraction of sp³-hybridized carbons (Fsp3) is 0.267. The standard InChI is InChI=1S/C15H15O4/c1-8(2)12-13(15(17)19-14(12)16)9(3)10-6-5-7-11(10)18-4/h5-7H,1-4H3/b13-9-. The predicted octanol–water partition coefficient (Wildman–Crippen LogP) is 2.10. The van der Waals surface area contributed by atoms with Gasteiger partial charge in [0.15, 0.2) is 0 Å². The number of hydrogen-bond donors (Lipinski definition) is 0. The molecule has 99 valence electrons. The summed E-state index contributed by atoms with van der Waals surface area (Å²) in [5, 5.41) is 0. The molecule has 0 amide bonds. The number of rotatable bonds is 2. The second-order valence-electron chi connectivity index (χ2n) is 4.56. The number of carbonyl (C=O) groups excluding carboxylic acids is 2. The second kappa shape index (κ2) is 5.29. The van der Waals surface area contributed by atoms with Crippen molar-refractivity contribution in [2.24, 2.45) is 0 Å². The molecular formula is C15H15O4. The third-order valence-corrected chi connectivity index (χ3v) is 3.12. The molecule has 5 radical (unpaired) electrons. The fourth-order valence-corrected chi connectivity index (χ4v) is 2.21. The maximum atomic E-state index is 11.9. The maximum Gasteiger partial charge on any atom is 0.346 e. The van der Waals surface area contributed by atoms with Crippen molar-refractivity contribution in [1.82, 2.24) is 0 Å². The Kier molecular flexibility index (Phi) is 3.90. The van der Waals surface area contributed by atoms with Gasteiger partial charge in [-0.1, -0.05) is 5.57 Å². The number of methoxy groups -OCH3 is 1. The van der Waals surface area contributed by atoms with Crippen molar-refractivity contribution < 1.29 is 19.1 Å². The lowest BCUT2D eigenvalue weighted by Gasteiger charge is -2.18. The number of ether oxygens (including phenoxy) is 2. The topological polar surface area (TPSA) is 52.6 Å². The first-order chi connectivity index (χ1) is 8.97. The van der Waals surface area contributed by atoms with Crippen LogP contribution in [-0.4, -0.2) is 19.0 Å². The summed E-state index contributed by atoms with van der Waals surface area (Å²) in [5.41, 5.74) is 2.13. The molecule has 1 aliphatic carbocycles. The van der Waals surface area contributed by atoms with Gasteiger partial charge in [0.2, 0.25) is 0 Å². The van der Waals surface area contributed by atoms with Crippen LogP contribution in [0.4, 0.5) is 0 Å². The zero-order chi connectivity index (χ0) is 14.2. The highest BCUT2D eigenvalue weighted by atomic mass is 16.6. The molecule has 19 heavy (non-hydrogen) atoms. The van der Waals surface area contributed by atoms with Gasteiger partial charge in [-0.3, -0.25) is 0 Å². The van der Waals surface area contributed by atoms with Crippen LogP contribution in [0.2, 0.25) is 0 Å². The summed E-state index contributed by atoms with van der Waals surface area (Å²) >= 11 is 0. The van der Waals surface area contributed by atoms with Crippen LogP contribution < -0.4 is 0 Å². The van der Waals surface area contributed by atoms with Crippen molar-refractivity contribution in [1.29, 1.82) is 0 Å². The zero-order valence-corrected chi connectivity index (χ0v) is 11.4. The Morgan fingerprint density at radius 2 is 1.68 bits per heavy atom. The van der Waals surface area contributed by atoms with Crippen molar-refractivity contribution in [3.8, 4) is 0 Å². The molecule has 4 nitrogen and oxygen atoms in total. The molecule has 1 aliphatic heterocycles. The first-order valence-electron chi connectivity index (χ1n) is 5.92. The predicted molar refractivity (Wildman–Crippen MR) is 68.6 cm³/mol. The highest BCUT2D eigenvalue weighted by Crippen LogP contribution is 2.42. The average molecular weight is 259 g/mol. The molecule has 0 aromatic heterocycles. The van der Waals surface area contributed by atoms with E-state index in [4.69, 9.17) is 9.47 Å². The number of hydrogen-bond acceptors (Lipinski definition) is 4. The quantitative estimate of drug-likeness (QED) is 0.433. The van der Waals surface area contributed by atoms with Gasteiger partial charge in [-0.15, -0.1) is 0 Å². The van der Waals surface area contributed by atoms with Gasteiger partial charge in [0.1, 0.15) is 6.10 Å². The van der Waals surface area contributed by atoms with Crippen LogP contribution in [0.25, 0.3) is 0 Å². The van der Waals surface area contributed by atoms with E-state index in [0.717, 1.165) is 11.5 Å². The summed E-state index contributed by atoms with van der Waals surface area (Å²) in [5.74, 6) is -0.380. The Bertz CT molecular complexity index is 480. The van der Waals surface area contributed by atoms with Gasteiger partial charge in [0.25, 0.3) is 0 Å². The highest BCUT2D eigenvalue weighted by Gasteiger charge is 2.40. The molecule has 1 heterocycles. The maximum absolute atomic E-state index is 11.9. The third-order valence-electron chi connectivity index (χ3n) is 3.12. The van der Waals surface area contributed by atoms with Crippen molar-refractivity contribution in [3.63, 3.8) is 0 Å². The zero-order valence-electron chi connectivity index (χ0n) is 11.4. The lowest BCUT2D eigenvalue weighted by atomic mass is 9.89. The number of cyclic esters (lactones) is 2. The van der Waals surface area contributed by atoms with Crippen molar-refractivity contribution in [3.05, 3.63) is 53.6 Å². The van der Waals surface area contributed by atoms with E-state index in [9.17, 15) is 9.59 Å². The van der Waals surface area contributed by atoms with Gasteiger partial charge in [-0.25, -0.2) is 9.59 Å². The van der Waals surface area contributed by atoms with Gasteiger partial charge in [0.05, 0.1) is 11.1 Å². The van der Waals surface area contributed by atoms with Crippen molar-refractivity contribution >= 4 is 11.9 Å². The molecule has 1 saturated carbocycles. The molecule has 2 aliphatic rings. The minimum Gasteiger partial charge on any atom is -0.386 e. The van der Waals surface area contributed by atoms with Crippen LogP contribution in [0.1, 0.15) is 20.8 Å². The average Bonchev–Trinajstić information content (AvgIpc) is 2.91. The fourth-order valence-electron chi connectivity index (χ4n) is 2.21. The third kappa shape index (κ3) is 2.37. The lowest BCUT2D eigenvalue weighted by Crippen LogP contribution is -2.12. The SMILES string of the molecule is CO[C]1[CH][CH][CH][C]1/C(C)=C1\C(=O)OC(=O)C1=C(C)C. The van der Waals surface area contributed by atoms with E-state index in [0.29, 0.717) is 22.8 Å². The van der Waals surface area contributed by atoms with Crippen LogP contribution in [0.5, 0.6) is 0 Å². The molecule has 0 atom stereocenters. The normalized spacial score (nSPS) is 24.1. The molecule has 0 spiro atoms. The van der Waals surface area contributed by atoms with Crippen molar-refractivity contribution in [2.45, 2.75) is 20.8 Å². The highest BCUT2D eigenvalue weighted by molar-refractivity contribution is 6.19. The van der Waals surface area contributed by atoms with Gasteiger partial charge >= 0.3 is 11.9 Å². The van der Waals surface area contributed by atoms with Gasteiger partial charge in [-0.05, 0) is 39.2 Å². The van der Waals surface area contributed by atoms with E-state index in [-0.39, 0.29) is 0 Å². The minimum atomic E-state index is -0.595. The summed E-state index contributed by atoms with van der Waals surface area (Å²) in [4.78, 5) is 23.6. The molecule has 0 bridgehead atoms. The molecule has 1 saturated heterocycles. The van der Waals surface area contributed by atoms with Gasteiger partial charge < -0.3 is 9.47 Å². The van der Waals surface area contributed by atoms with E-state index in [1.807, 2.05) is 19.3 Å². The van der Waals surface area contributed by atoms with E-state index < -0.39 is 11.9 Å². The molecule has 0 N–H and O–H groups in total. The molecule has 2 rings (SSSR count). The Hall–Kier alpha value is -1.42. The lowest BCUT2D eigenvalue weighted by molar-refractivity contribution is -0.149. The first-order valence-corrected chi connectivity index (χ1v) is 5.92. The monoisotopic (exact) mass is 259 g/mol. The summed E-state index contributed by atoms with van der Waals surface area (Å²) < 4.78 is 9.94. The van der Waals surface area contributed by atoms with E-state index >= 15 is 0 Å². The summed E-state index contributed by atoms with van der Waals surface area (Å²) in [6.45, 7) is 5.35. The summed E-state index contributed by atoms with van der Waals surface area (Å²) in [6.07, 6.45) is 6.16. The molecule has 0 aromatic carbocycles. The minimum absolute atomic E-state index is 0.328. The number of allylic oxidation sites excluding steroid dienone is 1. The van der Waals surface area contributed by atoms with Gasteiger partial charge in [-0.2, -0.15) is 0 Å². The van der Waals surface area contributed by atoms with Gasteiger partial charge in [0, 0.05) is 19.4 Å². The van der Waals surface area contributed by atoms with Crippen LogP contribution in [0, 0.1) is 31.3 Å². The molecule has 2 fully saturated rings. The smallest absolute Gasteiger partial charge is 0.346 e. The van der Waals surface area contributed by atoms with E-state index in [1.54, 1.807) is 27.9 Å². The first kappa shape index (κ1) is 14.0. The van der Waals surface area contributed by atoms with Crippen molar-refractivity contribution in [2.75, 3.05) is 7.11 Å². The molecule has 4 heteroatoms. The van der Waals surface area contributed by atoms with Crippen LogP contribution in [0.15, 0.2) is 22.3 Å². The van der Waals surface area contributed by atoms with Crippen LogP contribution in [0.3, 0.4) is 0 Å². The second-order valence-corrected chi connectivity index (χ2v) is 4.56. The largest absolute Gasteiger partial charge is 0.386 e. The van der Waals surface area contributed by atoms with Crippen LogP contribution >= 0.6 is 0 Å². The molecular weight excluding hydrogens is 244 g/mol. The van der Waals surface area contributed by atoms with E-state index in [1.165, 1.54) is 0 Å². The van der Waals surface area contributed by atoms with Crippen LogP contribution in [-0.2, 0) is 19.1 Å². The number of esters is 2.